The van der Waals surface area contributed by atoms with Crippen molar-refractivity contribution in [3.05, 3.63) is 35.0 Å². The van der Waals surface area contributed by atoms with E-state index in [0.29, 0.717) is 6.42 Å². The Labute approximate surface area is 96.1 Å². The summed E-state index contributed by atoms with van der Waals surface area (Å²) < 4.78 is 2.21. The van der Waals surface area contributed by atoms with Crippen LogP contribution in [0.2, 0.25) is 0 Å². The summed E-state index contributed by atoms with van der Waals surface area (Å²) in [6, 6.07) is 8.74. The van der Waals surface area contributed by atoms with Crippen molar-refractivity contribution in [1.29, 1.82) is 5.26 Å². The maximum Gasteiger partial charge on any atom is 0.0625 e. The second-order valence-corrected chi connectivity index (χ2v) is 4.30. The molecule has 1 aromatic carbocycles. The molecule has 82 valence electrons. The highest BCUT2D eigenvalue weighted by molar-refractivity contribution is 5.86. The Morgan fingerprint density at radius 2 is 2.06 bits per heavy atom. The van der Waals surface area contributed by atoms with E-state index >= 15 is 0 Å². The van der Waals surface area contributed by atoms with Crippen molar-refractivity contribution >= 4 is 10.9 Å². The largest absolute Gasteiger partial charge is 0.348 e. The molecule has 0 saturated heterocycles. The van der Waals surface area contributed by atoms with Crippen molar-refractivity contribution in [1.82, 2.24) is 4.57 Å². The van der Waals surface area contributed by atoms with Gasteiger partial charge in [0, 0.05) is 30.1 Å². The highest BCUT2D eigenvalue weighted by Crippen LogP contribution is 2.26. The summed E-state index contributed by atoms with van der Waals surface area (Å²) in [5.41, 5.74) is 5.13. The molecule has 0 fully saturated rings. The van der Waals surface area contributed by atoms with Crippen LogP contribution in [-0.2, 0) is 13.5 Å². The third kappa shape index (κ3) is 1.59. The van der Waals surface area contributed by atoms with Gasteiger partial charge in [-0.2, -0.15) is 5.26 Å². The number of fused-ring (bicyclic) bond motifs is 1. The summed E-state index contributed by atoms with van der Waals surface area (Å²) >= 11 is 0. The first-order valence-corrected chi connectivity index (χ1v) is 5.56. The first-order chi connectivity index (χ1) is 7.65. The van der Waals surface area contributed by atoms with E-state index in [2.05, 4.69) is 49.7 Å². The maximum atomic E-state index is 8.70. The second kappa shape index (κ2) is 4.02. The number of hydrogen-bond donors (Lipinski definition) is 0. The van der Waals surface area contributed by atoms with Crippen LogP contribution in [0, 0.1) is 25.2 Å². The van der Waals surface area contributed by atoms with Gasteiger partial charge in [-0.1, -0.05) is 11.6 Å². The number of benzene rings is 1. The summed E-state index contributed by atoms with van der Waals surface area (Å²) in [6.45, 7) is 4.23. The van der Waals surface area contributed by atoms with E-state index in [1.54, 1.807) is 0 Å². The van der Waals surface area contributed by atoms with E-state index in [1.807, 2.05) is 0 Å². The molecule has 2 rings (SSSR count). The van der Waals surface area contributed by atoms with Crippen LogP contribution in [0.1, 0.15) is 23.2 Å². The summed E-state index contributed by atoms with van der Waals surface area (Å²) in [5, 5.41) is 10.00. The zero-order chi connectivity index (χ0) is 11.7. The maximum absolute atomic E-state index is 8.70. The highest BCUT2D eigenvalue weighted by atomic mass is 14.9. The van der Waals surface area contributed by atoms with E-state index in [0.717, 1.165) is 6.42 Å². The molecule has 16 heavy (non-hydrogen) atoms. The lowest BCUT2D eigenvalue weighted by Gasteiger charge is -1.98. The Balaban J connectivity index is 2.66. The summed E-state index contributed by atoms with van der Waals surface area (Å²) in [4.78, 5) is 0. The minimum absolute atomic E-state index is 0.591. The number of nitrogens with zero attached hydrogens (tertiary/aromatic N) is 2. The van der Waals surface area contributed by atoms with Crippen molar-refractivity contribution < 1.29 is 0 Å². The van der Waals surface area contributed by atoms with Crippen molar-refractivity contribution in [2.24, 2.45) is 7.05 Å². The van der Waals surface area contributed by atoms with Crippen LogP contribution in [0.15, 0.2) is 18.2 Å². The number of rotatable bonds is 2. The fraction of sp³-hybridized carbons (Fsp3) is 0.357. The molecule has 1 aromatic heterocycles. The lowest BCUT2D eigenvalue weighted by Crippen LogP contribution is -1.92. The predicted molar refractivity (Wildman–Crippen MR) is 66.3 cm³/mol. The first kappa shape index (κ1) is 10.8. The Kier molecular flexibility index (Phi) is 2.70. The van der Waals surface area contributed by atoms with E-state index in [1.165, 1.54) is 27.7 Å². The van der Waals surface area contributed by atoms with Gasteiger partial charge in [-0.25, -0.2) is 0 Å². The minimum atomic E-state index is 0.591. The molecule has 2 nitrogen and oxygen atoms in total. The molecule has 0 aliphatic rings. The zero-order valence-corrected chi connectivity index (χ0v) is 10.0. The fourth-order valence-electron chi connectivity index (χ4n) is 2.26. The van der Waals surface area contributed by atoms with E-state index < -0.39 is 0 Å². The van der Waals surface area contributed by atoms with Gasteiger partial charge in [-0.05, 0) is 38.0 Å². The summed E-state index contributed by atoms with van der Waals surface area (Å²) in [7, 11) is 2.09. The third-order valence-electron chi connectivity index (χ3n) is 3.27. The lowest BCUT2D eigenvalue weighted by atomic mass is 10.0. The van der Waals surface area contributed by atoms with Gasteiger partial charge >= 0.3 is 0 Å². The topological polar surface area (TPSA) is 28.7 Å². The molecule has 1 heterocycles. The van der Waals surface area contributed by atoms with Gasteiger partial charge in [0.05, 0.1) is 6.07 Å². The molecule has 0 radical (unpaired) electrons. The molecule has 0 amide bonds. The summed E-state index contributed by atoms with van der Waals surface area (Å²) in [5.74, 6) is 0. The van der Waals surface area contributed by atoms with Gasteiger partial charge in [-0.15, -0.1) is 0 Å². The first-order valence-electron chi connectivity index (χ1n) is 5.56. The van der Waals surface area contributed by atoms with Crippen LogP contribution in [0.4, 0.5) is 0 Å². The van der Waals surface area contributed by atoms with Crippen LogP contribution < -0.4 is 0 Å². The zero-order valence-electron chi connectivity index (χ0n) is 10.0. The van der Waals surface area contributed by atoms with Crippen molar-refractivity contribution in [3.8, 4) is 6.07 Å². The Morgan fingerprint density at radius 1 is 1.31 bits per heavy atom. The Bertz CT molecular complexity index is 570. The normalized spacial score (nSPS) is 10.6. The third-order valence-corrected chi connectivity index (χ3v) is 3.27. The monoisotopic (exact) mass is 212 g/mol. The van der Waals surface area contributed by atoms with Gasteiger partial charge in [0.2, 0.25) is 0 Å². The molecule has 2 heteroatoms. The van der Waals surface area contributed by atoms with Crippen molar-refractivity contribution in [2.75, 3.05) is 0 Å². The number of aromatic nitrogens is 1. The van der Waals surface area contributed by atoms with Gasteiger partial charge in [0.15, 0.2) is 0 Å². The van der Waals surface area contributed by atoms with E-state index in [9.17, 15) is 0 Å². The summed E-state index contributed by atoms with van der Waals surface area (Å²) in [6.07, 6.45) is 1.44. The van der Waals surface area contributed by atoms with Crippen LogP contribution in [-0.4, -0.2) is 4.57 Å². The van der Waals surface area contributed by atoms with E-state index in [-0.39, 0.29) is 0 Å². The van der Waals surface area contributed by atoms with Crippen LogP contribution >= 0.6 is 0 Å². The minimum Gasteiger partial charge on any atom is -0.348 e. The van der Waals surface area contributed by atoms with Crippen molar-refractivity contribution in [2.45, 2.75) is 26.7 Å². The quantitative estimate of drug-likeness (QED) is 0.751. The van der Waals surface area contributed by atoms with Gasteiger partial charge in [-0.3, -0.25) is 0 Å². The van der Waals surface area contributed by atoms with Gasteiger partial charge < -0.3 is 4.57 Å². The van der Waals surface area contributed by atoms with E-state index in [4.69, 9.17) is 5.26 Å². The molecule has 0 unspecified atom stereocenters. The van der Waals surface area contributed by atoms with Crippen molar-refractivity contribution in [3.63, 3.8) is 0 Å². The highest BCUT2D eigenvalue weighted by Gasteiger charge is 2.11. The molecule has 2 aromatic rings. The van der Waals surface area contributed by atoms with Crippen LogP contribution in [0.5, 0.6) is 0 Å². The molecular weight excluding hydrogens is 196 g/mol. The Morgan fingerprint density at radius 3 is 2.75 bits per heavy atom. The number of hydrogen-bond acceptors (Lipinski definition) is 1. The van der Waals surface area contributed by atoms with Crippen LogP contribution in [0.25, 0.3) is 10.9 Å². The average molecular weight is 212 g/mol. The van der Waals surface area contributed by atoms with Gasteiger partial charge in [0.25, 0.3) is 0 Å². The molecule has 0 atom stereocenters. The molecule has 0 saturated carbocycles. The molecule has 0 N–H and O–H groups in total. The number of nitriles is 1. The smallest absolute Gasteiger partial charge is 0.0625 e. The fourth-order valence-corrected chi connectivity index (χ4v) is 2.26. The predicted octanol–water partition coefficient (Wildman–Crippen LogP) is 3.25. The lowest BCUT2D eigenvalue weighted by molar-refractivity contribution is 0.888. The SMILES string of the molecule is Cc1ccc2c(c1)c(CCC#N)c(C)n2C. The van der Waals surface area contributed by atoms with Gasteiger partial charge in [0.1, 0.15) is 0 Å². The standard InChI is InChI=1S/C14H16N2/c1-10-6-7-14-13(9-10)12(5-4-8-15)11(2)16(14)3/h6-7,9H,4-5H2,1-3H3. The molecule has 0 bridgehead atoms. The molecule has 0 aliphatic heterocycles. The molecular formula is C14H16N2. The second-order valence-electron chi connectivity index (χ2n) is 4.30. The molecule has 0 aliphatic carbocycles. The molecule has 0 spiro atoms. The number of aryl methyl sites for hydroxylation is 3. The van der Waals surface area contributed by atoms with Crippen LogP contribution in [0.3, 0.4) is 0 Å². The average Bonchev–Trinajstić information content (AvgIpc) is 2.50. The Hall–Kier alpha value is -1.75.